The van der Waals surface area contributed by atoms with E-state index in [1.54, 1.807) is 20.8 Å². The van der Waals surface area contributed by atoms with Gasteiger partial charge < -0.3 is 15.0 Å². The molecule has 2 heterocycles. The standard InChI is InChI=1S/C22H31N5O7/c1-22(2,3)34-20(30)24-19(29)23-11-12-32-25-18(28)17-10-9-16-13-26(17)21(31)27(16)33-14-15-7-5-4-6-8-15/h4-8,16-17H,9-14H2,1-3H3,(H,25,28)(H2,23,24,29,30). The second-order valence-corrected chi connectivity index (χ2v) is 8.96. The maximum absolute atomic E-state index is 12.8. The molecule has 1 aromatic carbocycles. The molecule has 0 radical (unpaired) electrons. The van der Waals surface area contributed by atoms with E-state index < -0.39 is 29.7 Å². The minimum atomic E-state index is -0.869. The Bertz CT molecular complexity index is 889. The van der Waals surface area contributed by atoms with Crippen LogP contribution in [-0.2, 0) is 25.8 Å². The van der Waals surface area contributed by atoms with Crippen LogP contribution in [0.3, 0.4) is 0 Å². The van der Waals surface area contributed by atoms with Crippen LogP contribution in [0, 0.1) is 0 Å². The Morgan fingerprint density at radius 3 is 2.56 bits per heavy atom. The first-order valence-corrected chi connectivity index (χ1v) is 11.1. The first-order valence-electron chi connectivity index (χ1n) is 11.1. The summed E-state index contributed by atoms with van der Waals surface area (Å²) in [6.45, 7) is 5.70. The molecule has 3 rings (SSSR count). The van der Waals surface area contributed by atoms with Gasteiger partial charge in [0.05, 0.1) is 12.6 Å². The largest absolute Gasteiger partial charge is 0.443 e. The Kier molecular flexibility index (Phi) is 8.29. The minimum absolute atomic E-state index is 0.0331. The van der Waals surface area contributed by atoms with Crippen molar-refractivity contribution in [1.29, 1.82) is 0 Å². The van der Waals surface area contributed by atoms with E-state index in [-0.39, 0.29) is 31.8 Å². The van der Waals surface area contributed by atoms with Crippen LogP contribution in [0.2, 0.25) is 0 Å². The summed E-state index contributed by atoms with van der Waals surface area (Å²) in [4.78, 5) is 60.8. The molecule has 2 atom stereocenters. The fraction of sp³-hybridized carbons (Fsp3) is 0.545. The first kappa shape index (κ1) is 25.2. The fourth-order valence-corrected chi connectivity index (χ4v) is 3.64. The molecule has 0 aromatic heterocycles. The third-order valence-electron chi connectivity index (χ3n) is 5.12. The van der Waals surface area contributed by atoms with Crippen molar-refractivity contribution in [2.45, 2.75) is 57.9 Å². The molecular formula is C22H31N5O7. The van der Waals surface area contributed by atoms with E-state index >= 15 is 0 Å². The number of nitrogens with one attached hydrogen (secondary N) is 3. The number of alkyl carbamates (subject to hydrolysis) is 1. The van der Waals surface area contributed by atoms with E-state index in [1.807, 2.05) is 35.6 Å². The van der Waals surface area contributed by atoms with Gasteiger partial charge in [0.25, 0.3) is 5.91 Å². The summed E-state index contributed by atoms with van der Waals surface area (Å²) in [5, 5.41) is 5.78. The minimum Gasteiger partial charge on any atom is -0.443 e. The number of hydrogen-bond acceptors (Lipinski definition) is 7. The number of amides is 6. The molecule has 12 nitrogen and oxygen atoms in total. The summed E-state index contributed by atoms with van der Waals surface area (Å²) in [7, 11) is 0. The lowest BCUT2D eigenvalue weighted by atomic mass is 10.0. The number of benzene rings is 1. The zero-order valence-electron chi connectivity index (χ0n) is 19.5. The lowest BCUT2D eigenvalue weighted by Gasteiger charge is -2.28. The van der Waals surface area contributed by atoms with Gasteiger partial charge in [0.2, 0.25) is 0 Å². The van der Waals surface area contributed by atoms with Crippen molar-refractivity contribution in [3.05, 3.63) is 35.9 Å². The molecular weight excluding hydrogens is 446 g/mol. The summed E-state index contributed by atoms with van der Waals surface area (Å²) < 4.78 is 4.97. The summed E-state index contributed by atoms with van der Waals surface area (Å²) in [6, 6.07) is 7.66. The number of hydroxylamine groups is 3. The Hall–Kier alpha value is -3.38. The normalized spacial score (nSPS) is 19.6. The van der Waals surface area contributed by atoms with Crippen molar-refractivity contribution in [2.75, 3.05) is 19.7 Å². The summed E-state index contributed by atoms with van der Waals surface area (Å²) in [5.41, 5.74) is 2.54. The fourth-order valence-electron chi connectivity index (χ4n) is 3.64. The van der Waals surface area contributed by atoms with E-state index in [0.717, 1.165) is 5.56 Å². The molecule has 0 spiro atoms. The maximum Gasteiger partial charge on any atom is 0.415 e. The van der Waals surface area contributed by atoms with Gasteiger partial charge >= 0.3 is 18.2 Å². The van der Waals surface area contributed by atoms with Crippen molar-refractivity contribution in [1.82, 2.24) is 26.1 Å². The number of rotatable bonds is 8. The van der Waals surface area contributed by atoms with Crippen LogP contribution in [0.4, 0.5) is 14.4 Å². The second kappa shape index (κ2) is 11.2. The molecule has 3 N–H and O–H groups in total. The highest BCUT2D eigenvalue weighted by molar-refractivity contribution is 5.90. The van der Waals surface area contributed by atoms with Crippen LogP contribution < -0.4 is 16.1 Å². The highest BCUT2D eigenvalue weighted by Crippen LogP contribution is 2.30. The van der Waals surface area contributed by atoms with E-state index in [1.165, 1.54) is 9.96 Å². The van der Waals surface area contributed by atoms with Crippen LogP contribution in [0.25, 0.3) is 0 Å². The topological polar surface area (TPSA) is 139 Å². The number of carbonyl (C=O) groups is 4. The zero-order chi connectivity index (χ0) is 24.7. The number of fused-ring (bicyclic) bond motifs is 2. The Labute approximate surface area is 197 Å². The molecule has 0 aliphatic carbocycles. The van der Waals surface area contributed by atoms with Gasteiger partial charge in [-0.1, -0.05) is 30.3 Å². The molecule has 2 bridgehead atoms. The van der Waals surface area contributed by atoms with Crippen LogP contribution in [0.5, 0.6) is 0 Å². The summed E-state index contributed by atoms with van der Waals surface area (Å²) in [5.74, 6) is -0.449. The highest BCUT2D eigenvalue weighted by atomic mass is 16.7. The summed E-state index contributed by atoms with van der Waals surface area (Å²) in [6.07, 6.45) is 0.237. The van der Waals surface area contributed by atoms with Crippen molar-refractivity contribution >= 4 is 24.1 Å². The predicted octanol–water partition coefficient (Wildman–Crippen LogP) is 1.67. The van der Waals surface area contributed by atoms with Gasteiger partial charge in [0.1, 0.15) is 18.2 Å². The average Bonchev–Trinajstić information content (AvgIpc) is 3.00. The van der Waals surface area contributed by atoms with E-state index in [2.05, 4.69) is 10.8 Å². The van der Waals surface area contributed by atoms with Crippen molar-refractivity contribution in [3.8, 4) is 0 Å². The van der Waals surface area contributed by atoms with E-state index in [0.29, 0.717) is 19.4 Å². The van der Waals surface area contributed by atoms with Gasteiger partial charge in [-0.25, -0.2) is 25.2 Å². The van der Waals surface area contributed by atoms with Crippen molar-refractivity contribution in [2.24, 2.45) is 0 Å². The molecule has 0 saturated carbocycles. The molecule has 2 fully saturated rings. The summed E-state index contributed by atoms with van der Waals surface area (Å²) >= 11 is 0. The highest BCUT2D eigenvalue weighted by Gasteiger charge is 2.48. The maximum atomic E-state index is 12.8. The number of urea groups is 2. The number of hydrogen-bond donors (Lipinski definition) is 3. The smallest absolute Gasteiger partial charge is 0.415 e. The average molecular weight is 478 g/mol. The van der Waals surface area contributed by atoms with Crippen molar-refractivity contribution in [3.63, 3.8) is 0 Å². The quantitative estimate of drug-likeness (QED) is 0.382. The zero-order valence-corrected chi connectivity index (χ0v) is 19.5. The molecule has 2 aliphatic rings. The number of ether oxygens (including phenoxy) is 1. The van der Waals surface area contributed by atoms with Gasteiger partial charge in [0, 0.05) is 13.1 Å². The molecule has 2 unspecified atom stereocenters. The molecule has 2 saturated heterocycles. The van der Waals surface area contributed by atoms with Gasteiger partial charge in [-0.2, -0.15) is 5.06 Å². The van der Waals surface area contributed by atoms with Crippen LogP contribution >= 0.6 is 0 Å². The van der Waals surface area contributed by atoms with Gasteiger partial charge in [-0.3, -0.25) is 14.5 Å². The number of nitrogens with zero attached hydrogens (tertiary/aromatic N) is 2. The van der Waals surface area contributed by atoms with Gasteiger partial charge in [-0.15, -0.1) is 0 Å². The van der Waals surface area contributed by atoms with Crippen LogP contribution in [0.15, 0.2) is 30.3 Å². The molecule has 2 aliphatic heterocycles. The Morgan fingerprint density at radius 2 is 1.85 bits per heavy atom. The van der Waals surface area contributed by atoms with Crippen molar-refractivity contribution < 1.29 is 33.6 Å². The molecule has 34 heavy (non-hydrogen) atoms. The first-order chi connectivity index (χ1) is 16.1. The van der Waals surface area contributed by atoms with Gasteiger partial charge in [-0.05, 0) is 39.2 Å². The molecule has 12 heteroatoms. The third kappa shape index (κ3) is 7.06. The number of carbonyl (C=O) groups excluding carboxylic acids is 4. The van der Waals surface area contributed by atoms with E-state index in [9.17, 15) is 19.2 Å². The Balaban J connectivity index is 1.35. The lowest BCUT2D eigenvalue weighted by molar-refractivity contribution is -0.141. The van der Waals surface area contributed by atoms with Crippen LogP contribution in [-0.4, -0.2) is 71.4 Å². The molecule has 6 amide bonds. The number of piperidine rings is 1. The SMILES string of the molecule is CC(C)(C)OC(=O)NC(=O)NCCONC(=O)C1CCC2CN1C(=O)N2OCc1ccccc1. The third-order valence-corrected chi connectivity index (χ3v) is 5.12. The molecule has 1 aromatic rings. The Morgan fingerprint density at radius 1 is 1.12 bits per heavy atom. The monoisotopic (exact) mass is 477 g/mol. The second-order valence-electron chi connectivity index (χ2n) is 8.96. The molecule has 186 valence electrons. The predicted molar refractivity (Wildman–Crippen MR) is 119 cm³/mol. The van der Waals surface area contributed by atoms with Crippen LogP contribution in [0.1, 0.15) is 39.2 Å². The van der Waals surface area contributed by atoms with E-state index in [4.69, 9.17) is 14.4 Å². The van der Waals surface area contributed by atoms with Gasteiger partial charge in [0.15, 0.2) is 0 Å². The lowest BCUT2D eigenvalue weighted by Crippen LogP contribution is -2.50. The number of imide groups is 1.